The SMILES string of the molecule is O=C1CC[C@H](/C=C(/c2ccc(C(F)(F)F)cc2)c2ccc(C3CC3)c(=O)[nH]2)N1. The third-order valence-corrected chi connectivity index (χ3v) is 5.17. The number of halogens is 3. The summed E-state index contributed by atoms with van der Waals surface area (Å²) in [6, 6.07) is 8.17. The first-order chi connectivity index (χ1) is 13.3. The van der Waals surface area contributed by atoms with Crippen LogP contribution in [0.5, 0.6) is 0 Å². The van der Waals surface area contributed by atoms with E-state index in [0.717, 1.165) is 30.5 Å². The van der Waals surface area contributed by atoms with Crippen molar-refractivity contribution >= 4 is 11.5 Å². The van der Waals surface area contributed by atoms with Crippen LogP contribution in [0.4, 0.5) is 13.2 Å². The smallest absolute Gasteiger partial charge is 0.350 e. The van der Waals surface area contributed by atoms with Crippen LogP contribution in [0.1, 0.15) is 54.0 Å². The van der Waals surface area contributed by atoms with Crippen LogP contribution in [0.3, 0.4) is 0 Å². The molecule has 0 bridgehead atoms. The van der Waals surface area contributed by atoms with Crippen molar-refractivity contribution in [3.8, 4) is 0 Å². The fraction of sp³-hybridized carbons (Fsp3) is 0.333. The maximum atomic E-state index is 12.9. The average Bonchev–Trinajstić information content (AvgIpc) is 3.40. The zero-order chi connectivity index (χ0) is 19.9. The maximum Gasteiger partial charge on any atom is 0.416 e. The van der Waals surface area contributed by atoms with Gasteiger partial charge >= 0.3 is 6.18 Å². The third kappa shape index (κ3) is 3.88. The highest BCUT2D eigenvalue weighted by molar-refractivity contribution is 5.82. The topological polar surface area (TPSA) is 62.0 Å². The molecule has 1 amide bonds. The first-order valence-electron chi connectivity index (χ1n) is 9.23. The van der Waals surface area contributed by atoms with Gasteiger partial charge in [-0.3, -0.25) is 9.59 Å². The second-order valence-corrected chi connectivity index (χ2v) is 7.30. The van der Waals surface area contributed by atoms with Gasteiger partial charge in [-0.2, -0.15) is 13.2 Å². The van der Waals surface area contributed by atoms with Crippen LogP contribution in [0.15, 0.2) is 47.3 Å². The number of H-pyrrole nitrogens is 1. The van der Waals surface area contributed by atoms with Gasteiger partial charge in [0.1, 0.15) is 0 Å². The predicted molar refractivity (Wildman–Crippen MR) is 98.7 cm³/mol. The number of carbonyl (C=O) groups is 1. The summed E-state index contributed by atoms with van der Waals surface area (Å²) >= 11 is 0. The molecule has 28 heavy (non-hydrogen) atoms. The second kappa shape index (κ2) is 6.96. The summed E-state index contributed by atoms with van der Waals surface area (Å²) in [6.07, 6.45) is 0.389. The number of amides is 1. The summed E-state index contributed by atoms with van der Waals surface area (Å²) < 4.78 is 38.7. The van der Waals surface area contributed by atoms with Crippen molar-refractivity contribution < 1.29 is 18.0 Å². The quantitative estimate of drug-likeness (QED) is 0.832. The third-order valence-electron chi connectivity index (χ3n) is 5.17. The molecule has 0 radical (unpaired) electrons. The lowest BCUT2D eigenvalue weighted by molar-refractivity contribution is -0.137. The Morgan fingerprint density at radius 2 is 1.71 bits per heavy atom. The van der Waals surface area contributed by atoms with E-state index in [1.165, 1.54) is 12.1 Å². The highest BCUT2D eigenvalue weighted by atomic mass is 19.4. The number of hydrogen-bond acceptors (Lipinski definition) is 2. The molecule has 1 aromatic carbocycles. The van der Waals surface area contributed by atoms with Gasteiger partial charge in [0.15, 0.2) is 0 Å². The summed E-state index contributed by atoms with van der Waals surface area (Å²) in [5.41, 5.74) is 1.50. The Balaban J connectivity index is 1.74. The molecule has 7 heteroatoms. The van der Waals surface area contributed by atoms with E-state index in [0.29, 0.717) is 35.6 Å². The van der Waals surface area contributed by atoms with E-state index in [4.69, 9.17) is 0 Å². The molecule has 1 aromatic heterocycles. The minimum absolute atomic E-state index is 0.0643. The van der Waals surface area contributed by atoms with Crippen molar-refractivity contribution in [1.29, 1.82) is 0 Å². The Morgan fingerprint density at radius 1 is 1.00 bits per heavy atom. The Kier molecular flexibility index (Phi) is 4.61. The molecular weight excluding hydrogens is 369 g/mol. The molecule has 1 saturated carbocycles. The number of carbonyl (C=O) groups excluding carboxylic acids is 1. The maximum absolute atomic E-state index is 12.9. The lowest BCUT2D eigenvalue weighted by Gasteiger charge is -2.14. The van der Waals surface area contributed by atoms with Gasteiger partial charge in [0.25, 0.3) is 5.56 Å². The number of alkyl halides is 3. The van der Waals surface area contributed by atoms with E-state index in [1.54, 1.807) is 18.2 Å². The van der Waals surface area contributed by atoms with Crippen molar-refractivity contribution in [2.24, 2.45) is 0 Å². The van der Waals surface area contributed by atoms with Crippen molar-refractivity contribution in [2.75, 3.05) is 0 Å². The molecule has 2 N–H and O–H groups in total. The minimum atomic E-state index is -4.41. The highest BCUT2D eigenvalue weighted by Gasteiger charge is 2.30. The van der Waals surface area contributed by atoms with E-state index < -0.39 is 11.7 Å². The fourth-order valence-electron chi connectivity index (χ4n) is 3.50. The zero-order valence-corrected chi connectivity index (χ0v) is 15.0. The molecule has 4 nitrogen and oxygen atoms in total. The molecule has 2 heterocycles. The predicted octanol–water partition coefficient (Wildman–Crippen LogP) is 3.98. The van der Waals surface area contributed by atoms with Crippen LogP contribution < -0.4 is 10.9 Å². The number of hydrogen-bond donors (Lipinski definition) is 2. The lowest BCUT2D eigenvalue weighted by atomic mass is 9.97. The molecule has 0 spiro atoms. The molecule has 4 rings (SSSR count). The highest BCUT2D eigenvalue weighted by Crippen LogP contribution is 2.38. The Morgan fingerprint density at radius 3 is 2.25 bits per heavy atom. The van der Waals surface area contributed by atoms with Gasteiger partial charge in [0, 0.05) is 29.3 Å². The van der Waals surface area contributed by atoms with E-state index in [1.807, 2.05) is 0 Å². The Labute approximate surface area is 159 Å². The van der Waals surface area contributed by atoms with Crippen LogP contribution in [0, 0.1) is 0 Å². The van der Waals surface area contributed by atoms with Crippen LogP contribution in [0.2, 0.25) is 0 Å². The minimum Gasteiger partial charge on any atom is -0.350 e. The number of pyridine rings is 1. The van der Waals surface area contributed by atoms with Crippen LogP contribution in [-0.4, -0.2) is 16.9 Å². The molecule has 2 fully saturated rings. The number of rotatable bonds is 4. The zero-order valence-electron chi connectivity index (χ0n) is 15.0. The lowest BCUT2D eigenvalue weighted by Crippen LogP contribution is -2.23. The van der Waals surface area contributed by atoms with Gasteiger partial charge < -0.3 is 10.3 Å². The Hall–Kier alpha value is -2.83. The summed E-state index contributed by atoms with van der Waals surface area (Å²) in [5, 5.41) is 2.83. The van der Waals surface area contributed by atoms with E-state index in [9.17, 15) is 22.8 Å². The molecular formula is C21H19F3N2O2. The van der Waals surface area contributed by atoms with Gasteiger partial charge in [-0.25, -0.2) is 0 Å². The number of aromatic nitrogens is 1. The average molecular weight is 388 g/mol. The molecule has 1 aliphatic carbocycles. The van der Waals surface area contributed by atoms with Crippen molar-refractivity contribution in [3.63, 3.8) is 0 Å². The van der Waals surface area contributed by atoms with Crippen molar-refractivity contribution in [1.82, 2.24) is 10.3 Å². The molecule has 0 unspecified atom stereocenters. The fourth-order valence-corrected chi connectivity index (χ4v) is 3.50. The second-order valence-electron chi connectivity index (χ2n) is 7.30. The van der Waals surface area contributed by atoms with Gasteiger partial charge in [-0.05, 0) is 48.9 Å². The molecule has 2 aliphatic rings. The van der Waals surface area contributed by atoms with Crippen LogP contribution in [-0.2, 0) is 11.0 Å². The largest absolute Gasteiger partial charge is 0.416 e. The summed E-state index contributed by atoms with van der Waals surface area (Å²) in [6.45, 7) is 0. The summed E-state index contributed by atoms with van der Waals surface area (Å²) in [7, 11) is 0. The van der Waals surface area contributed by atoms with E-state index in [-0.39, 0.29) is 17.5 Å². The number of benzene rings is 1. The van der Waals surface area contributed by atoms with Gasteiger partial charge in [0.2, 0.25) is 5.91 Å². The van der Waals surface area contributed by atoms with E-state index >= 15 is 0 Å². The molecule has 2 aromatic rings. The van der Waals surface area contributed by atoms with Crippen LogP contribution >= 0.6 is 0 Å². The molecule has 1 saturated heterocycles. The normalized spacial score (nSPS) is 20.3. The first-order valence-corrected chi connectivity index (χ1v) is 9.23. The first kappa shape index (κ1) is 18.5. The monoisotopic (exact) mass is 388 g/mol. The van der Waals surface area contributed by atoms with Gasteiger partial charge in [0.05, 0.1) is 5.56 Å². The van der Waals surface area contributed by atoms with E-state index in [2.05, 4.69) is 10.3 Å². The van der Waals surface area contributed by atoms with Gasteiger partial charge in [-0.1, -0.05) is 24.3 Å². The van der Waals surface area contributed by atoms with Crippen LogP contribution in [0.25, 0.3) is 5.57 Å². The molecule has 1 aliphatic heterocycles. The number of nitrogens with one attached hydrogen (secondary N) is 2. The van der Waals surface area contributed by atoms with Crippen molar-refractivity contribution in [3.05, 3.63) is 75.2 Å². The molecule has 1 atom stereocenters. The number of aromatic amines is 1. The summed E-state index contributed by atoms with van der Waals surface area (Å²) in [5.74, 6) is 0.232. The van der Waals surface area contributed by atoms with Gasteiger partial charge in [-0.15, -0.1) is 0 Å². The Bertz CT molecular complexity index is 986. The standard InChI is InChI=1S/C21H19F3N2O2/c22-21(23,24)14-5-3-13(4-6-14)17(11-15-7-10-19(27)25-15)18-9-8-16(12-1-2-12)20(28)26-18/h3-6,8-9,11-12,15H,1-2,7,10H2,(H,25,27)(H,26,28)/b17-11-/t15-/m1/s1. The van der Waals surface area contributed by atoms with Crippen molar-refractivity contribution in [2.45, 2.75) is 43.8 Å². The molecule has 146 valence electrons. The summed E-state index contributed by atoms with van der Waals surface area (Å²) in [4.78, 5) is 26.8.